The Balaban J connectivity index is 2.40. The van der Waals surface area contributed by atoms with Gasteiger partial charge in [-0.2, -0.15) is 5.26 Å². The second-order valence-corrected chi connectivity index (χ2v) is 5.16. The second kappa shape index (κ2) is 7.06. The van der Waals surface area contributed by atoms with E-state index in [1.807, 2.05) is 37.3 Å². The van der Waals surface area contributed by atoms with Gasteiger partial charge in [-0.25, -0.2) is 4.98 Å². The number of hydrogen-bond acceptors (Lipinski definition) is 4. The molecule has 0 aliphatic rings. The van der Waals surface area contributed by atoms with Crippen LogP contribution in [-0.4, -0.2) is 17.4 Å². The van der Waals surface area contributed by atoms with Gasteiger partial charge in [0.05, 0.1) is 17.5 Å². The number of hydrogen-bond donors (Lipinski definition) is 0. The van der Waals surface area contributed by atoms with Gasteiger partial charge in [0.15, 0.2) is 5.69 Å². The van der Waals surface area contributed by atoms with E-state index in [0.717, 1.165) is 11.3 Å². The van der Waals surface area contributed by atoms with Crippen LogP contribution in [0.5, 0.6) is 5.75 Å². The molecule has 2 rings (SSSR count). The first-order valence-corrected chi connectivity index (χ1v) is 7.23. The summed E-state index contributed by atoms with van der Waals surface area (Å²) in [5.41, 5.74) is 1.65. The van der Waals surface area contributed by atoms with E-state index in [4.69, 9.17) is 21.6 Å². The average molecular weight is 315 g/mol. The molecule has 0 aliphatic heterocycles. The van der Waals surface area contributed by atoms with Gasteiger partial charge >= 0.3 is 0 Å². The molecule has 0 saturated heterocycles. The molecule has 2 aromatic rings. The highest BCUT2D eigenvalue weighted by Gasteiger charge is 2.20. The molecule has 0 aliphatic carbocycles. The quantitative estimate of drug-likeness (QED) is 0.843. The van der Waals surface area contributed by atoms with E-state index in [9.17, 15) is 4.79 Å². The van der Waals surface area contributed by atoms with E-state index in [0.29, 0.717) is 12.2 Å². The summed E-state index contributed by atoms with van der Waals surface area (Å²) in [7, 11) is 0. The first-order chi connectivity index (χ1) is 10.6. The number of pyridine rings is 1. The summed E-state index contributed by atoms with van der Waals surface area (Å²) in [6.45, 7) is 4.02. The van der Waals surface area contributed by atoms with Gasteiger partial charge in [-0.1, -0.05) is 23.7 Å². The molecule has 5 heteroatoms. The molecule has 22 heavy (non-hydrogen) atoms. The Kier molecular flexibility index (Phi) is 5.13. The highest BCUT2D eigenvalue weighted by Crippen LogP contribution is 2.29. The summed E-state index contributed by atoms with van der Waals surface area (Å²) < 4.78 is 5.40. The van der Waals surface area contributed by atoms with Gasteiger partial charge in [0.1, 0.15) is 17.6 Å². The summed E-state index contributed by atoms with van der Waals surface area (Å²) in [4.78, 5) is 16.1. The fourth-order valence-electron chi connectivity index (χ4n) is 2.28. The van der Waals surface area contributed by atoms with Crippen LogP contribution in [-0.2, 0) is 4.79 Å². The predicted octanol–water partition coefficient (Wildman–Crippen LogP) is 3.73. The van der Waals surface area contributed by atoms with Crippen LogP contribution in [0.15, 0.2) is 36.5 Å². The molecule has 0 N–H and O–H groups in total. The number of carbonyl (C=O) groups is 1. The van der Waals surface area contributed by atoms with Crippen LogP contribution in [0.3, 0.4) is 0 Å². The van der Waals surface area contributed by atoms with Gasteiger partial charge in [-0.15, -0.1) is 0 Å². The van der Waals surface area contributed by atoms with E-state index < -0.39 is 5.92 Å². The molecule has 112 valence electrons. The SMILES string of the molecule is CCOc1ccc(C(C(C)=O)c2cnc(C#N)c(Cl)c2)cc1. The Labute approximate surface area is 134 Å². The lowest BCUT2D eigenvalue weighted by Crippen LogP contribution is -2.11. The maximum atomic E-state index is 12.1. The summed E-state index contributed by atoms with van der Waals surface area (Å²) >= 11 is 6.02. The summed E-state index contributed by atoms with van der Waals surface area (Å²) in [6.07, 6.45) is 1.52. The van der Waals surface area contributed by atoms with Crippen molar-refractivity contribution in [3.8, 4) is 11.8 Å². The van der Waals surface area contributed by atoms with E-state index in [1.54, 1.807) is 6.07 Å². The summed E-state index contributed by atoms with van der Waals surface area (Å²) in [5, 5.41) is 9.12. The topological polar surface area (TPSA) is 63.0 Å². The molecule has 1 aromatic heterocycles. The van der Waals surface area contributed by atoms with Crippen molar-refractivity contribution in [3.63, 3.8) is 0 Å². The van der Waals surface area contributed by atoms with Gasteiger partial charge in [0.25, 0.3) is 0 Å². The number of Topliss-reactive ketones (excluding diaryl/α,β-unsaturated/α-hetero) is 1. The number of nitriles is 1. The third-order valence-electron chi connectivity index (χ3n) is 3.23. The lowest BCUT2D eigenvalue weighted by Gasteiger charge is -2.15. The molecule has 1 atom stereocenters. The van der Waals surface area contributed by atoms with Gasteiger partial charge in [0, 0.05) is 6.20 Å². The number of ketones is 1. The Hall–Kier alpha value is -2.38. The van der Waals surface area contributed by atoms with Crippen molar-refractivity contribution >= 4 is 17.4 Å². The number of aromatic nitrogens is 1. The fraction of sp³-hybridized carbons (Fsp3) is 0.235. The lowest BCUT2D eigenvalue weighted by atomic mass is 9.89. The van der Waals surface area contributed by atoms with Crippen molar-refractivity contribution in [1.29, 1.82) is 5.26 Å². The summed E-state index contributed by atoms with van der Waals surface area (Å²) in [6, 6.07) is 10.9. The van der Waals surface area contributed by atoms with Crippen LogP contribution in [0.2, 0.25) is 5.02 Å². The van der Waals surface area contributed by atoms with Crippen LogP contribution in [0.1, 0.15) is 36.6 Å². The molecule has 0 fully saturated rings. The standard InChI is InChI=1S/C17H15ClN2O2/c1-3-22-14-6-4-12(5-7-14)17(11(2)21)13-8-15(18)16(9-19)20-10-13/h4-8,10,17H,3H2,1-2H3. The molecule has 0 saturated carbocycles. The minimum absolute atomic E-state index is 0.0215. The molecular formula is C17H15ClN2O2. The zero-order valence-corrected chi connectivity index (χ0v) is 13.1. The van der Waals surface area contributed by atoms with Crippen LogP contribution < -0.4 is 4.74 Å². The zero-order valence-electron chi connectivity index (χ0n) is 12.3. The third-order valence-corrected chi connectivity index (χ3v) is 3.52. The number of ether oxygens (including phenoxy) is 1. The van der Waals surface area contributed by atoms with Crippen molar-refractivity contribution in [2.75, 3.05) is 6.61 Å². The van der Waals surface area contributed by atoms with E-state index in [2.05, 4.69) is 4.98 Å². The van der Waals surface area contributed by atoms with Gasteiger partial charge < -0.3 is 4.74 Å². The molecule has 1 aromatic carbocycles. The molecule has 1 unspecified atom stereocenters. The molecule has 0 amide bonds. The maximum Gasteiger partial charge on any atom is 0.159 e. The van der Waals surface area contributed by atoms with Crippen molar-refractivity contribution in [3.05, 3.63) is 58.4 Å². The molecule has 0 radical (unpaired) electrons. The molecule has 1 heterocycles. The highest BCUT2D eigenvalue weighted by molar-refractivity contribution is 6.31. The van der Waals surface area contributed by atoms with Crippen molar-refractivity contribution in [2.45, 2.75) is 19.8 Å². The van der Waals surface area contributed by atoms with Crippen molar-refractivity contribution in [2.24, 2.45) is 0 Å². The number of nitrogens with zero attached hydrogens (tertiary/aromatic N) is 2. The Morgan fingerprint density at radius 3 is 2.55 bits per heavy atom. The average Bonchev–Trinajstić information content (AvgIpc) is 2.49. The summed E-state index contributed by atoms with van der Waals surface area (Å²) in [5.74, 6) is 0.268. The smallest absolute Gasteiger partial charge is 0.159 e. The Morgan fingerprint density at radius 2 is 2.05 bits per heavy atom. The molecule has 4 nitrogen and oxygen atoms in total. The van der Waals surface area contributed by atoms with Crippen LogP contribution in [0.4, 0.5) is 0 Å². The normalized spacial score (nSPS) is 11.5. The largest absolute Gasteiger partial charge is 0.494 e. The van der Waals surface area contributed by atoms with Crippen molar-refractivity contribution in [1.82, 2.24) is 4.98 Å². The first-order valence-electron chi connectivity index (χ1n) is 6.85. The second-order valence-electron chi connectivity index (χ2n) is 4.76. The van der Waals surface area contributed by atoms with Crippen LogP contribution in [0.25, 0.3) is 0 Å². The molecule has 0 bridgehead atoms. The minimum Gasteiger partial charge on any atom is -0.494 e. The van der Waals surface area contributed by atoms with E-state index in [-0.39, 0.29) is 16.5 Å². The van der Waals surface area contributed by atoms with Gasteiger partial charge in [-0.05, 0) is 43.2 Å². The van der Waals surface area contributed by atoms with Gasteiger partial charge in [-0.3, -0.25) is 4.79 Å². The monoisotopic (exact) mass is 314 g/mol. The highest BCUT2D eigenvalue weighted by atomic mass is 35.5. The Bertz CT molecular complexity index is 720. The minimum atomic E-state index is -0.464. The van der Waals surface area contributed by atoms with Crippen LogP contribution in [0, 0.1) is 11.3 Å². The van der Waals surface area contributed by atoms with E-state index in [1.165, 1.54) is 13.1 Å². The fourth-order valence-corrected chi connectivity index (χ4v) is 2.49. The molecular weight excluding hydrogens is 300 g/mol. The third kappa shape index (κ3) is 3.44. The maximum absolute atomic E-state index is 12.1. The number of carbonyl (C=O) groups excluding carboxylic acids is 1. The number of benzene rings is 1. The lowest BCUT2D eigenvalue weighted by molar-refractivity contribution is -0.117. The zero-order chi connectivity index (χ0) is 16.1. The number of rotatable bonds is 5. The molecule has 0 spiro atoms. The van der Waals surface area contributed by atoms with Crippen molar-refractivity contribution < 1.29 is 9.53 Å². The van der Waals surface area contributed by atoms with E-state index >= 15 is 0 Å². The van der Waals surface area contributed by atoms with Gasteiger partial charge in [0.2, 0.25) is 0 Å². The predicted molar refractivity (Wildman–Crippen MR) is 84.1 cm³/mol. The first kappa shape index (κ1) is 16.0. The number of halogens is 1. The van der Waals surface area contributed by atoms with Crippen LogP contribution >= 0.6 is 11.6 Å². The Morgan fingerprint density at radius 1 is 1.36 bits per heavy atom.